The zero-order chi connectivity index (χ0) is 11.5. The molecule has 1 atom stereocenters. The molecule has 1 rings (SSSR count). The summed E-state index contributed by atoms with van der Waals surface area (Å²) in [6.07, 6.45) is 1.93. The first-order valence-electron chi connectivity index (χ1n) is 5.34. The van der Waals surface area contributed by atoms with Crippen molar-refractivity contribution in [1.29, 1.82) is 0 Å². The SMILES string of the molecule is CCC(C)(N)c1csc(CCN(C)C)n1. The van der Waals surface area contributed by atoms with E-state index in [4.69, 9.17) is 5.73 Å². The summed E-state index contributed by atoms with van der Waals surface area (Å²) in [5, 5.41) is 3.28. The first-order valence-corrected chi connectivity index (χ1v) is 6.22. The van der Waals surface area contributed by atoms with Crippen molar-refractivity contribution < 1.29 is 0 Å². The minimum Gasteiger partial charge on any atom is -0.320 e. The third kappa shape index (κ3) is 3.55. The summed E-state index contributed by atoms with van der Waals surface area (Å²) in [5.41, 5.74) is 6.90. The third-order valence-electron chi connectivity index (χ3n) is 2.64. The van der Waals surface area contributed by atoms with Crippen LogP contribution in [0, 0.1) is 0 Å². The van der Waals surface area contributed by atoms with E-state index < -0.39 is 0 Å². The van der Waals surface area contributed by atoms with E-state index in [2.05, 4.69) is 36.3 Å². The summed E-state index contributed by atoms with van der Waals surface area (Å²) in [6, 6.07) is 0. The predicted octanol–water partition coefficient (Wildman–Crippen LogP) is 1.83. The van der Waals surface area contributed by atoms with Crippen LogP contribution in [0.15, 0.2) is 5.38 Å². The maximum atomic E-state index is 6.14. The normalized spacial score (nSPS) is 15.6. The quantitative estimate of drug-likeness (QED) is 0.834. The fourth-order valence-corrected chi connectivity index (χ4v) is 2.12. The molecule has 0 aromatic carbocycles. The van der Waals surface area contributed by atoms with Crippen molar-refractivity contribution in [1.82, 2.24) is 9.88 Å². The molecule has 0 aliphatic heterocycles. The van der Waals surface area contributed by atoms with Gasteiger partial charge in [-0.25, -0.2) is 4.98 Å². The van der Waals surface area contributed by atoms with Gasteiger partial charge in [0, 0.05) is 18.3 Å². The Morgan fingerprint density at radius 1 is 1.53 bits per heavy atom. The molecule has 0 bridgehead atoms. The number of hydrogen-bond donors (Lipinski definition) is 1. The van der Waals surface area contributed by atoms with Crippen molar-refractivity contribution in [2.45, 2.75) is 32.2 Å². The van der Waals surface area contributed by atoms with Crippen LogP contribution in [0.25, 0.3) is 0 Å². The van der Waals surface area contributed by atoms with Crippen LogP contribution in [0.3, 0.4) is 0 Å². The lowest BCUT2D eigenvalue weighted by Crippen LogP contribution is -2.32. The topological polar surface area (TPSA) is 42.1 Å². The molecule has 86 valence electrons. The van der Waals surface area contributed by atoms with Gasteiger partial charge in [-0.05, 0) is 27.4 Å². The first kappa shape index (κ1) is 12.6. The molecule has 3 nitrogen and oxygen atoms in total. The Kier molecular flexibility index (Phi) is 4.25. The average Bonchev–Trinajstić information content (AvgIpc) is 2.63. The van der Waals surface area contributed by atoms with E-state index in [0.29, 0.717) is 0 Å². The number of aromatic nitrogens is 1. The highest BCUT2D eigenvalue weighted by Crippen LogP contribution is 2.23. The summed E-state index contributed by atoms with van der Waals surface area (Å²) in [6.45, 7) is 5.18. The van der Waals surface area contributed by atoms with Gasteiger partial charge in [0.2, 0.25) is 0 Å². The molecule has 0 aliphatic carbocycles. The Morgan fingerprint density at radius 2 is 2.20 bits per heavy atom. The van der Waals surface area contributed by atoms with Gasteiger partial charge in [0.25, 0.3) is 0 Å². The standard InChI is InChI=1S/C11H21N3S/c1-5-11(2,12)9-8-15-10(13-9)6-7-14(3)4/h8H,5-7,12H2,1-4H3. The van der Waals surface area contributed by atoms with E-state index in [1.807, 2.05) is 6.92 Å². The molecular formula is C11H21N3S. The lowest BCUT2D eigenvalue weighted by molar-refractivity contribution is 0.412. The largest absolute Gasteiger partial charge is 0.320 e. The van der Waals surface area contributed by atoms with Gasteiger partial charge in [-0.15, -0.1) is 11.3 Å². The zero-order valence-corrected chi connectivity index (χ0v) is 10.9. The first-order chi connectivity index (χ1) is 6.95. The molecule has 2 N–H and O–H groups in total. The van der Waals surface area contributed by atoms with Gasteiger partial charge in [-0.3, -0.25) is 0 Å². The molecule has 0 saturated heterocycles. The smallest absolute Gasteiger partial charge is 0.0941 e. The molecular weight excluding hydrogens is 206 g/mol. The van der Waals surface area contributed by atoms with Crippen molar-refractivity contribution in [2.75, 3.05) is 20.6 Å². The summed E-state index contributed by atoms with van der Waals surface area (Å²) in [5.74, 6) is 0. The molecule has 1 aromatic rings. The monoisotopic (exact) mass is 227 g/mol. The predicted molar refractivity (Wildman–Crippen MR) is 66.2 cm³/mol. The van der Waals surface area contributed by atoms with Gasteiger partial charge in [0.15, 0.2) is 0 Å². The third-order valence-corrected chi connectivity index (χ3v) is 3.55. The molecule has 0 amide bonds. The Bertz CT molecular complexity index is 305. The van der Waals surface area contributed by atoms with Crippen LogP contribution < -0.4 is 5.73 Å². The fourth-order valence-electron chi connectivity index (χ4n) is 1.19. The molecule has 1 unspecified atom stereocenters. The molecule has 0 aliphatic rings. The van der Waals surface area contributed by atoms with Crippen LogP contribution in [0.2, 0.25) is 0 Å². The molecule has 4 heteroatoms. The Hall–Kier alpha value is -0.450. The number of thiazole rings is 1. The van der Waals surface area contributed by atoms with E-state index >= 15 is 0 Å². The van der Waals surface area contributed by atoms with Crippen LogP contribution in [-0.2, 0) is 12.0 Å². The van der Waals surface area contributed by atoms with Crippen molar-refractivity contribution in [2.24, 2.45) is 5.73 Å². The highest BCUT2D eigenvalue weighted by Gasteiger charge is 2.21. The highest BCUT2D eigenvalue weighted by atomic mass is 32.1. The van der Waals surface area contributed by atoms with Gasteiger partial charge in [0.1, 0.15) is 0 Å². The van der Waals surface area contributed by atoms with Crippen LogP contribution in [0.5, 0.6) is 0 Å². The summed E-state index contributed by atoms with van der Waals surface area (Å²) in [4.78, 5) is 6.76. The summed E-state index contributed by atoms with van der Waals surface area (Å²) >= 11 is 1.72. The van der Waals surface area contributed by atoms with Gasteiger partial charge in [-0.1, -0.05) is 6.92 Å². The number of likely N-dealkylation sites (N-methyl/N-ethyl adjacent to an activating group) is 1. The summed E-state index contributed by atoms with van der Waals surface area (Å²) in [7, 11) is 4.15. The Balaban J connectivity index is 2.64. The molecule has 0 spiro atoms. The number of nitrogens with zero attached hydrogens (tertiary/aromatic N) is 2. The number of nitrogens with two attached hydrogens (primary N) is 1. The highest BCUT2D eigenvalue weighted by molar-refractivity contribution is 7.09. The van der Waals surface area contributed by atoms with Crippen molar-refractivity contribution in [3.05, 3.63) is 16.1 Å². The van der Waals surface area contributed by atoms with Gasteiger partial charge in [-0.2, -0.15) is 0 Å². The molecule has 0 fully saturated rings. The zero-order valence-electron chi connectivity index (χ0n) is 10.1. The van der Waals surface area contributed by atoms with Crippen LogP contribution in [0.1, 0.15) is 31.0 Å². The van der Waals surface area contributed by atoms with E-state index in [9.17, 15) is 0 Å². The molecule has 0 saturated carbocycles. The lowest BCUT2D eigenvalue weighted by atomic mass is 9.97. The van der Waals surface area contributed by atoms with Crippen LogP contribution in [-0.4, -0.2) is 30.5 Å². The van der Waals surface area contributed by atoms with Gasteiger partial charge >= 0.3 is 0 Å². The lowest BCUT2D eigenvalue weighted by Gasteiger charge is -2.19. The fraction of sp³-hybridized carbons (Fsp3) is 0.727. The van der Waals surface area contributed by atoms with Crippen molar-refractivity contribution in [3.8, 4) is 0 Å². The van der Waals surface area contributed by atoms with E-state index in [0.717, 1.165) is 25.1 Å². The minimum absolute atomic E-state index is 0.271. The Morgan fingerprint density at radius 3 is 2.73 bits per heavy atom. The van der Waals surface area contributed by atoms with Crippen LogP contribution in [0.4, 0.5) is 0 Å². The minimum atomic E-state index is -0.271. The van der Waals surface area contributed by atoms with Gasteiger partial charge < -0.3 is 10.6 Å². The number of rotatable bonds is 5. The maximum Gasteiger partial charge on any atom is 0.0941 e. The van der Waals surface area contributed by atoms with E-state index in [1.54, 1.807) is 11.3 Å². The van der Waals surface area contributed by atoms with E-state index in [-0.39, 0.29) is 5.54 Å². The summed E-state index contributed by atoms with van der Waals surface area (Å²) < 4.78 is 0. The second kappa shape index (κ2) is 5.05. The second-order valence-electron chi connectivity index (χ2n) is 4.45. The number of hydrogen-bond acceptors (Lipinski definition) is 4. The van der Waals surface area contributed by atoms with Crippen molar-refractivity contribution >= 4 is 11.3 Å². The molecule has 1 heterocycles. The van der Waals surface area contributed by atoms with Crippen LogP contribution >= 0.6 is 11.3 Å². The van der Waals surface area contributed by atoms with Gasteiger partial charge in [0.05, 0.1) is 16.2 Å². The van der Waals surface area contributed by atoms with Crippen molar-refractivity contribution in [3.63, 3.8) is 0 Å². The van der Waals surface area contributed by atoms with E-state index in [1.165, 1.54) is 5.01 Å². The molecule has 0 radical (unpaired) electrons. The Labute approximate surface area is 96.3 Å². The maximum absolute atomic E-state index is 6.14. The second-order valence-corrected chi connectivity index (χ2v) is 5.39. The molecule has 15 heavy (non-hydrogen) atoms. The average molecular weight is 227 g/mol. The molecule has 1 aromatic heterocycles.